The molecular weight excluding hydrogens is 592 g/mol. The molecule has 0 amide bonds. The second kappa shape index (κ2) is 8.67. The number of halogens is 20. The molecule has 1 N–H and O–H groups in total. The molecule has 0 rings (SSSR count). The molecule has 0 aliphatic carbocycles. The van der Waals surface area contributed by atoms with E-state index < -0.39 is 83.8 Å². The molecule has 0 aromatic carbocycles. The van der Waals surface area contributed by atoms with Gasteiger partial charge in [0.25, 0.3) is 0 Å². The van der Waals surface area contributed by atoms with Crippen LogP contribution in [-0.2, 0) is 4.79 Å². The van der Waals surface area contributed by atoms with Crippen LogP contribution in [-0.4, -0.2) is 70.3 Å². The monoisotopic (exact) mass is 600 g/mol. The summed E-state index contributed by atoms with van der Waals surface area (Å²) in [6.45, 7) is -1.51. The van der Waals surface area contributed by atoms with Crippen LogP contribution in [0.5, 0.6) is 0 Å². The molecule has 0 saturated carbocycles. The highest BCUT2D eigenvalue weighted by Gasteiger charge is 2.97. The molecule has 0 bridgehead atoms. The van der Waals surface area contributed by atoms with Crippen molar-refractivity contribution in [2.45, 2.75) is 73.1 Å². The van der Waals surface area contributed by atoms with Crippen molar-refractivity contribution < 1.29 is 97.7 Å². The minimum atomic E-state index is -9.11. The third-order valence-electron chi connectivity index (χ3n) is 4.47. The highest BCUT2D eigenvalue weighted by Crippen LogP contribution is 2.66. The van der Waals surface area contributed by atoms with Crippen molar-refractivity contribution in [1.29, 1.82) is 0 Å². The van der Waals surface area contributed by atoms with Gasteiger partial charge < -0.3 is 5.11 Å². The van der Waals surface area contributed by atoms with E-state index in [0.29, 0.717) is 0 Å². The van der Waals surface area contributed by atoms with Crippen molar-refractivity contribution in [3.63, 3.8) is 0 Å². The van der Waals surface area contributed by atoms with Gasteiger partial charge in [-0.3, -0.25) is 0 Å². The first kappa shape index (κ1) is 34.8. The van der Waals surface area contributed by atoms with E-state index >= 15 is 0 Å². The quantitative estimate of drug-likeness (QED) is 0.199. The van der Waals surface area contributed by atoms with Gasteiger partial charge in [0.05, 0.1) is 0 Å². The van der Waals surface area contributed by atoms with Crippen LogP contribution in [0.2, 0.25) is 0 Å². The molecule has 0 spiro atoms. The SMILES string of the molecule is CC(=CC(F)(F)C(F)(F)C(F)(F)C(F)(F)C(F)(F)C(F)(F)C(F)(F)C(F)(F)C(F)(F)C(C)(F)F)C(=O)O. The van der Waals surface area contributed by atoms with Crippen LogP contribution >= 0.6 is 0 Å². The van der Waals surface area contributed by atoms with E-state index in [1.54, 1.807) is 0 Å². The molecule has 0 aromatic heterocycles. The Balaban J connectivity index is 7.16. The van der Waals surface area contributed by atoms with Crippen molar-refractivity contribution in [2.75, 3.05) is 0 Å². The summed E-state index contributed by atoms with van der Waals surface area (Å²) in [6.07, 6.45) is -1.80. The van der Waals surface area contributed by atoms with Crippen LogP contribution in [0.4, 0.5) is 87.8 Å². The van der Waals surface area contributed by atoms with Crippen LogP contribution < -0.4 is 0 Å². The van der Waals surface area contributed by atoms with Crippen molar-refractivity contribution in [2.24, 2.45) is 0 Å². The summed E-state index contributed by atoms with van der Waals surface area (Å²) in [4.78, 5) is 10.3. The fraction of sp³-hybridized carbons (Fsp3) is 0.800. The van der Waals surface area contributed by atoms with Crippen LogP contribution in [0.15, 0.2) is 11.6 Å². The zero-order chi connectivity index (χ0) is 30.9. The number of hydrogen-bond acceptors (Lipinski definition) is 1. The van der Waals surface area contributed by atoms with Gasteiger partial charge >= 0.3 is 65.2 Å². The van der Waals surface area contributed by atoms with E-state index in [9.17, 15) is 92.6 Å². The van der Waals surface area contributed by atoms with Gasteiger partial charge in [-0.15, -0.1) is 0 Å². The number of carboxylic acids is 1. The highest BCUT2D eigenvalue weighted by molar-refractivity contribution is 5.86. The maximum absolute atomic E-state index is 13.6. The number of rotatable bonds is 11. The molecule has 2 nitrogen and oxygen atoms in total. The van der Waals surface area contributed by atoms with E-state index in [4.69, 9.17) is 5.11 Å². The topological polar surface area (TPSA) is 37.3 Å². The van der Waals surface area contributed by atoms with Gasteiger partial charge in [0.15, 0.2) is 0 Å². The van der Waals surface area contributed by atoms with E-state index in [0.717, 1.165) is 0 Å². The first-order valence-corrected chi connectivity index (χ1v) is 8.28. The van der Waals surface area contributed by atoms with E-state index in [1.807, 2.05) is 0 Å². The Morgan fingerprint density at radius 2 is 0.703 bits per heavy atom. The van der Waals surface area contributed by atoms with Crippen molar-refractivity contribution in [3.8, 4) is 0 Å². The normalized spacial score (nSPS) is 16.8. The second-order valence-electron chi connectivity index (χ2n) is 7.24. The van der Waals surface area contributed by atoms with Gasteiger partial charge in [-0.1, -0.05) is 0 Å². The van der Waals surface area contributed by atoms with Gasteiger partial charge in [0.2, 0.25) is 0 Å². The van der Waals surface area contributed by atoms with Gasteiger partial charge in [-0.2, -0.15) is 87.8 Å². The first-order valence-electron chi connectivity index (χ1n) is 8.28. The fourth-order valence-corrected chi connectivity index (χ4v) is 2.09. The zero-order valence-corrected chi connectivity index (χ0v) is 17.0. The minimum absolute atomic E-state index is 0.113. The number of hydrogen-bond donors (Lipinski definition) is 1. The molecular formula is C15H8F20O2. The van der Waals surface area contributed by atoms with Crippen molar-refractivity contribution in [3.05, 3.63) is 11.6 Å². The minimum Gasteiger partial charge on any atom is -0.478 e. The van der Waals surface area contributed by atoms with E-state index in [-0.39, 0.29) is 6.92 Å². The molecule has 0 unspecified atom stereocenters. The lowest BCUT2D eigenvalue weighted by Crippen LogP contribution is -2.76. The van der Waals surface area contributed by atoms with Crippen LogP contribution in [0, 0.1) is 0 Å². The summed E-state index contributed by atoms with van der Waals surface area (Å²) in [7, 11) is 0. The Bertz CT molecular complexity index is 909. The lowest BCUT2D eigenvalue weighted by molar-refractivity contribution is -0.467. The number of alkyl halides is 20. The molecule has 0 heterocycles. The molecule has 22 heteroatoms. The lowest BCUT2D eigenvalue weighted by atomic mass is 9.85. The highest BCUT2D eigenvalue weighted by atomic mass is 19.4. The van der Waals surface area contributed by atoms with Crippen molar-refractivity contribution in [1.82, 2.24) is 0 Å². The first-order chi connectivity index (χ1) is 15.6. The number of carboxylic acid groups (broad SMARTS) is 1. The number of allylic oxidation sites excluding steroid dienone is 1. The van der Waals surface area contributed by atoms with Crippen LogP contribution in [0.25, 0.3) is 0 Å². The van der Waals surface area contributed by atoms with Gasteiger partial charge in [-0.05, 0) is 6.92 Å². The Kier molecular flexibility index (Phi) is 8.15. The Labute approximate surface area is 189 Å². The molecule has 0 aliphatic heterocycles. The molecule has 0 atom stereocenters. The molecule has 37 heavy (non-hydrogen) atoms. The second-order valence-corrected chi connectivity index (χ2v) is 7.24. The maximum atomic E-state index is 13.6. The van der Waals surface area contributed by atoms with Crippen LogP contribution in [0.3, 0.4) is 0 Å². The standard InChI is InChI=1S/C15H8F20O2/c1-4(5(36)37)3-7(18,19)9(22,23)11(26,27)13(30,31)15(34,35)14(32,33)12(28,29)10(24,25)8(20,21)6(2,16)17/h3H,1-2H3,(H,36,37). The summed E-state index contributed by atoms with van der Waals surface area (Å²) >= 11 is 0. The Morgan fingerprint density at radius 1 is 0.486 bits per heavy atom. The molecule has 0 radical (unpaired) electrons. The lowest BCUT2D eigenvalue weighted by Gasteiger charge is -2.44. The average Bonchev–Trinajstić information content (AvgIpc) is 2.65. The molecule has 0 fully saturated rings. The van der Waals surface area contributed by atoms with Gasteiger partial charge in [-0.25, -0.2) is 4.79 Å². The summed E-state index contributed by atoms with van der Waals surface area (Å²) in [5.41, 5.74) is -2.10. The van der Waals surface area contributed by atoms with E-state index in [2.05, 4.69) is 0 Å². The summed E-state index contributed by atoms with van der Waals surface area (Å²) in [5, 5.41) is 8.23. The molecule has 0 saturated heterocycles. The van der Waals surface area contributed by atoms with Crippen molar-refractivity contribution >= 4 is 5.97 Å². The summed E-state index contributed by atoms with van der Waals surface area (Å²) in [6, 6.07) is 0. The third-order valence-corrected chi connectivity index (χ3v) is 4.47. The zero-order valence-electron chi connectivity index (χ0n) is 17.0. The van der Waals surface area contributed by atoms with Crippen LogP contribution in [0.1, 0.15) is 13.8 Å². The predicted octanol–water partition coefficient (Wildman–Crippen LogP) is 7.39. The Hall–Kier alpha value is -2.19. The fourth-order valence-electron chi connectivity index (χ4n) is 2.09. The average molecular weight is 600 g/mol. The molecule has 220 valence electrons. The van der Waals surface area contributed by atoms with Gasteiger partial charge in [0, 0.05) is 18.6 Å². The van der Waals surface area contributed by atoms with Gasteiger partial charge in [0.1, 0.15) is 0 Å². The molecule has 0 aliphatic rings. The summed E-state index contributed by atoms with van der Waals surface area (Å²) < 4.78 is 267. The smallest absolute Gasteiger partial charge is 0.385 e. The Morgan fingerprint density at radius 3 is 0.919 bits per heavy atom. The summed E-state index contributed by atoms with van der Waals surface area (Å²) in [5.74, 6) is -85.5. The number of carbonyl (C=O) groups is 1. The third kappa shape index (κ3) is 4.44. The molecule has 0 aromatic rings. The van der Waals surface area contributed by atoms with E-state index in [1.165, 1.54) is 0 Å². The largest absolute Gasteiger partial charge is 0.478 e. The number of aliphatic carboxylic acids is 1. The maximum Gasteiger partial charge on any atom is 0.385 e. The predicted molar refractivity (Wildman–Crippen MR) is 76.5 cm³/mol.